The van der Waals surface area contributed by atoms with Gasteiger partial charge in [-0.2, -0.15) is 13.2 Å². The molecule has 0 saturated heterocycles. The van der Waals surface area contributed by atoms with Gasteiger partial charge in [-0.25, -0.2) is 0 Å². The molecule has 2 aromatic carbocycles. The first-order chi connectivity index (χ1) is 13.6. The highest BCUT2D eigenvalue weighted by Gasteiger charge is 2.31. The van der Waals surface area contributed by atoms with Crippen LogP contribution in [0.5, 0.6) is 5.75 Å². The van der Waals surface area contributed by atoms with E-state index >= 15 is 0 Å². The summed E-state index contributed by atoms with van der Waals surface area (Å²) in [5.74, 6) is -0.401. The van der Waals surface area contributed by atoms with Crippen molar-refractivity contribution in [3.8, 4) is 5.75 Å². The Morgan fingerprint density at radius 1 is 1.07 bits per heavy atom. The molecule has 2 rings (SSSR count). The van der Waals surface area contributed by atoms with Crippen molar-refractivity contribution in [3.63, 3.8) is 0 Å². The first kappa shape index (κ1) is 22.5. The summed E-state index contributed by atoms with van der Waals surface area (Å²) >= 11 is 5.86. The molecule has 0 aliphatic rings. The van der Waals surface area contributed by atoms with Crippen LogP contribution in [0.2, 0.25) is 5.02 Å². The quantitative estimate of drug-likeness (QED) is 0.701. The van der Waals surface area contributed by atoms with Crippen molar-refractivity contribution in [2.45, 2.75) is 6.18 Å². The number of alkyl halides is 3. The van der Waals surface area contributed by atoms with Crippen LogP contribution >= 0.6 is 11.6 Å². The Bertz CT molecular complexity index is 890. The minimum atomic E-state index is -4.56. The van der Waals surface area contributed by atoms with E-state index in [1.54, 1.807) is 24.3 Å². The maximum absolute atomic E-state index is 12.8. The number of carbonyl (C=O) groups is 2. The number of hydrogen-bond acceptors (Lipinski definition) is 4. The molecule has 0 unspecified atom stereocenters. The van der Waals surface area contributed by atoms with Crippen molar-refractivity contribution in [1.82, 2.24) is 4.90 Å². The monoisotopic (exact) mass is 429 g/mol. The fourth-order valence-corrected chi connectivity index (χ4v) is 2.60. The van der Waals surface area contributed by atoms with Crippen LogP contribution in [0.1, 0.15) is 5.56 Å². The smallest absolute Gasteiger partial charge is 0.416 e. The Kier molecular flexibility index (Phi) is 7.46. The zero-order valence-electron chi connectivity index (χ0n) is 15.6. The van der Waals surface area contributed by atoms with Crippen LogP contribution < -0.4 is 15.4 Å². The SMILES string of the molecule is COc1cccc(NC(=O)CN(C)CC(=O)Nc2cc(C(F)(F)F)ccc2Cl)c1. The zero-order valence-corrected chi connectivity index (χ0v) is 16.4. The zero-order chi connectivity index (χ0) is 21.6. The molecule has 0 heterocycles. The van der Waals surface area contributed by atoms with E-state index in [2.05, 4.69) is 10.6 Å². The van der Waals surface area contributed by atoms with Gasteiger partial charge < -0.3 is 15.4 Å². The number of halogens is 4. The summed E-state index contributed by atoms with van der Waals surface area (Å²) in [6.07, 6.45) is -4.56. The second kappa shape index (κ2) is 9.62. The summed E-state index contributed by atoms with van der Waals surface area (Å²) in [5, 5.41) is 4.97. The summed E-state index contributed by atoms with van der Waals surface area (Å²) < 4.78 is 43.5. The van der Waals surface area contributed by atoms with Gasteiger partial charge in [0, 0.05) is 11.8 Å². The number of likely N-dealkylation sites (N-methyl/N-ethyl adjacent to an activating group) is 1. The minimum absolute atomic E-state index is 0.0234. The molecular weight excluding hydrogens is 411 g/mol. The van der Waals surface area contributed by atoms with Crippen LogP contribution in [-0.2, 0) is 15.8 Å². The number of rotatable bonds is 7. The normalized spacial score (nSPS) is 11.3. The van der Waals surface area contributed by atoms with Gasteiger partial charge in [0.1, 0.15) is 5.75 Å². The fourth-order valence-electron chi connectivity index (χ4n) is 2.43. The summed E-state index contributed by atoms with van der Waals surface area (Å²) in [7, 11) is 3.03. The van der Waals surface area contributed by atoms with Gasteiger partial charge in [-0.1, -0.05) is 17.7 Å². The topological polar surface area (TPSA) is 70.7 Å². The first-order valence-electron chi connectivity index (χ1n) is 8.37. The van der Waals surface area contributed by atoms with E-state index < -0.39 is 17.6 Å². The van der Waals surface area contributed by atoms with Crippen molar-refractivity contribution in [2.75, 3.05) is 37.9 Å². The predicted molar refractivity (Wildman–Crippen MR) is 104 cm³/mol. The summed E-state index contributed by atoms with van der Waals surface area (Å²) in [6.45, 7) is -0.334. The molecule has 0 spiro atoms. The number of methoxy groups -OCH3 is 1. The highest BCUT2D eigenvalue weighted by Crippen LogP contribution is 2.33. The van der Waals surface area contributed by atoms with Crippen LogP contribution in [0, 0.1) is 0 Å². The van der Waals surface area contributed by atoms with Gasteiger partial charge in [0.15, 0.2) is 0 Å². The van der Waals surface area contributed by atoms with Gasteiger partial charge >= 0.3 is 6.18 Å². The molecule has 0 aliphatic heterocycles. The lowest BCUT2D eigenvalue weighted by atomic mass is 10.2. The fraction of sp³-hybridized carbons (Fsp3) is 0.263. The third-order valence-electron chi connectivity index (χ3n) is 3.75. The van der Waals surface area contributed by atoms with Crippen molar-refractivity contribution in [2.24, 2.45) is 0 Å². The molecule has 2 amide bonds. The second-order valence-corrected chi connectivity index (χ2v) is 6.60. The van der Waals surface area contributed by atoms with Crippen LogP contribution in [0.15, 0.2) is 42.5 Å². The van der Waals surface area contributed by atoms with Crippen LogP contribution in [0.4, 0.5) is 24.5 Å². The Morgan fingerprint density at radius 2 is 1.72 bits per heavy atom. The second-order valence-electron chi connectivity index (χ2n) is 6.19. The molecule has 0 radical (unpaired) electrons. The highest BCUT2D eigenvalue weighted by molar-refractivity contribution is 6.33. The molecule has 0 atom stereocenters. The van der Waals surface area contributed by atoms with Crippen LogP contribution in [-0.4, -0.2) is 44.0 Å². The van der Waals surface area contributed by atoms with E-state index in [-0.39, 0.29) is 29.7 Å². The van der Waals surface area contributed by atoms with Crippen molar-refractivity contribution in [3.05, 3.63) is 53.1 Å². The van der Waals surface area contributed by atoms with E-state index in [0.717, 1.165) is 18.2 Å². The lowest BCUT2D eigenvalue weighted by Crippen LogP contribution is -2.36. The molecule has 2 N–H and O–H groups in total. The minimum Gasteiger partial charge on any atom is -0.497 e. The molecule has 2 aromatic rings. The number of benzene rings is 2. The largest absolute Gasteiger partial charge is 0.497 e. The number of nitrogens with one attached hydrogen (secondary N) is 2. The molecule has 6 nitrogen and oxygen atoms in total. The van der Waals surface area contributed by atoms with Gasteiger partial charge in [0.25, 0.3) is 0 Å². The Hall–Kier alpha value is -2.78. The average molecular weight is 430 g/mol. The third-order valence-corrected chi connectivity index (χ3v) is 4.08. The Balaban J connectivity index is 1.91. The lowest BCUT2D eigenvalue weighted by Gasteiger charge is -2.17. The summed E-state index contributed by atoms with van der Waals surface area (Å²) in [6, 6.07) is 9.41. The molecule has 0 bridgehead atoms. The van der Waals surface area contributed by atoms with Crippen molar-refractivity contribution < 1.29 is 27.5 Å². The van der Waals surface area contributed by atoms with Crippen molar-refractivity contribution in [1.29, 1.82) is 0 Å². The van der Waals surface area contributed by atoms with E-state index in [1.807, 2.05) is 0 Å². The average Bonchev–Trinajstić information content (AvgIpc) is 2.62. The number of anilines is 2. The molecule has 0 aliphatic carbocycles. The maximum atomic E-state index is 12.8. The molecule has 0 aromatic heterocycles. The Labute approximate surface area is 170 Å². The van der Waals surface area contributed by atoms with E-state index in [1.165, 1.54) is 19.1 Å². The van der Waals surface area contributed by atoms with Gasteiger partial charge in [-0.15, -0.1) is 0 Å². The van der Waals surface area contributed by atoms with Crippen LogP contribution in [0.25, 0.3) is 0 Å². The molecule has 29 heavy (non-hydrogen) atoms. The van der Waals surface area contributed by atoms with E-state index in [0.29, 0.717) is 11.4 Å². The van der Waals surface area contributed by atoms with Gasteiger partial charge in [0.05, 0.1) is 36.5 Å². The third kappa shape index (κ3) is 6.95. The predicted octanol–water partition coefficient (Wildman–Crippen LogP) is 3.88. The lowest BCUT2D eigenvalue weighted by molar-refractivity contribution is -0.137. The summed E-state index contributed by atoms with van der Waals surface area (Å²) in [5.41, 5.74) is -0.549. The highest BCUT2D eigenvalue weighted by atomic mass is 35.5. The number of amides is 2. The van der Waals surface area contributed by atoms with E-state index in [9.17, 15) is 22.8 Å². The number of carbonyl (C=O) groups excluding carboxylic acids is 2. The van der Waals surface area contributed by atoms with Gasteiger partial charge in [-0.05, 0) is 37.4 Å². The Morgan fingerprint density at radius 3 is 2.34 bits per heavy atom. The number of hydrogen-bond donors (Lipinski definition) is 2. The number of ether oxygens (including phenoxy) is 1. The molecule has 0 fully saturated rings. The van der Waals surface area contributed by atoms with Gasteiger partial charge in [-0.3, -0.25) is 14.5 Å². The van der Waals surface area contributed by atoms with Crippen molar-refractivity contribution >= 4 is 34.8 Å². The van der Waals surface area contributed by atoms with E-state index in [4.69, 9.17) is 16.3 Å². The summed E-state index contributed by atoms with van der Waals surface area (Å²) in [4.78, 5) is 25.6. The molecule has 0 saturated carbocycles. The first-order valence-corrected chi connectivity index (χ1v) is 8.75. The number of nitrogens with zero attached hydrogens (tertiary/aromatic N) is 1. The molecule has 156 valence electrons. The van der Waals surface area contributed by atoms with Gasteiger partial charge in [0.2, 0.25) is 11.8 Å². The van der Waals surface area contributed by atoms with Crippen LogP contribution in [0.3, 0.4) is 0 Å². The maximum Gasteiger partial charge on any atom is 0.416 e. The standard InChI is InChI=1S/C19H19ClF3N3O3/c1-26(10-17(27)24-13-4-3-5-14(9-13)29-2)11-18(28)25-16-8-12(19(21,22)23)6-7-15(16)20/h3-9H,10-11H2,1-2H3,(H,24,27)(H,25,28). The molecular formula is C19H19ClF3N3O3. The molecule has 10 heteroatoms.